The summed E-state index contributed by atoms with van der Waals surface area (Å²) in [6.45, 7) is 9.77. The molecule has 0 bridgehead atoms. The average Bonchev–Trinajstić information content (AvgIpc) is 2.37. The Morgan fingerprint density at radius 1 is 0.737 bits per heavy atom. The lowest BCUT2D eigenvalue weighted by atomic mass is 10.3. The van der Waals surface area contributed by atoms with Gasteiger partial charge in [0, 0.05) is 7.59 Å². The van der Waals surface area contributed by atoms with Crippen molar-refractivity contribution in [2.24, 2.45) is 0 Å². The minimum atomic E-state index is -1.76. The van der Waals surface area contributed by atoms with Crippen molar-refractivity contribution < 1.29 is 5.11 Å². The van der Waals surface area contributed by atoms with E-state index in [9.17, 15) is 5.11 Å². The van der Waals surface area contributed by atoms with Crippen molar-refractivity contribution in [3.63, 3.8) is 0 Å². The van der Waals surface area contributed by atoms with Crippen LogP contribution in [0.3, 0.4) is 0 Å². The standard InChI is InChI=1S/C16H22OSi2/c1-18(2,3)19(4,15-10-6-5-7-11-15)16-12-8-9-14(17)13-16/h5-13,17H,1-4H3. The van der Waals surface area contributed by atoms with E-state index in [0.29, 0.717) is 5.75 Å². The van der Waals surface area contributed by atoms with Gasteiger partial charge in [-0.15, -0.1) is 0 Å². The molecule has 1 nitrogen and oxygen atoms in total. The molecule has 0 amide bonds. The van der Waals surface area contributed by atoms with Crippen LogP contribution < -0.4 is 10.4 Å². The first kappa shape index (κ1) is 14.1. The molecular formula is C16H22OSi2. The maximum absolute atomic E-state index is 9.83. The maximum atomic E-state index is 9.83. The van der Waals surface area contributed by atoms with Crippen LogP contribution in [0.4, 0.5) is 0 Å². The third-order valence-electron chi connectivity index (χ3n) is 4.27. The number of phenols is 1. The lowest BCUT2D eigenvalue weighted by molar-refractivity contribution is 0.476. The first-order chi connectivity index (χ1) is 8.85. The van der Waals surface area contributed by atoms with E-state index in [-0.39, 0.29) is 0 Å². The molecule has 1 atom stereocenters. The number of rotatable bonds is 3. The fourth-order valence-electron chi connectivity index (χ4n) is 2.62. The highest BCUT2D eigenvalue weighted by molar-refractivity contribution is 7.50. The van der Waals surface area contributed by atoms with Gasteiger partial charge in [-0.3, -0.25) is 0 Å². The second kappa shape index (κ2) is 4.98. The zero-order chi connectivity index (χ0) is 14.1. The van der Waals surface area contributed by atoms with Crippen LogP contribution in [0.5, 0.6) is 5.75 Å². The quantitative estimate of drug-likeness (QED) is 0.860. The molecule has 19 heavy (non-hydrogen) atoms. The summed E-state index contributed by atoms with van der Waals surface area (Å²) in [5.74, 6) is 0.380. The van der Waals surface area contributed by atoms with E-state index < -0.39 is 15.2 Å². The Kier molecular flexibility index (Phi) is 3.69. The van der Waals surface area contributed by atoms with Gasteiger partial charge in [0.05, 0.1) is 0 Å². The summed E-state index contributed by atoms with van der Waals surface area (Å²) in [6, 6.07) is 18.7. The molecule has 0 fully saturated rings. The second-order valence-electron chi connectivity index (χ2n) is 6.29. The molecule has 0 aliphatic heterocycles. The lowest BCUT2D eigenvalue weighted by Crippen LogP contribution is -2.71. The highest BCUT2D eigenvalue weighted by Crippen LogP contribution is 2.21. The predicted octanol–water partition coefficient (Wildman–Crippen LogP) is 3.00. The smallest absolute Gasteiger partial charge is 0.115 e. The van der Waals surface area contributed by atoms with Gasteiger partial charge in [0.2, 0.25) is 0 Å². The summed E-state index contributed by atoms with van der Waals surface area (Å²) in [4.78, 5) is 0. The van der Waals surface area contributed by atoms with Gasteiger partial charge in [-0.1, -0.05) is 79.0 Å². The van der Waals surface area contributed by atoms with E-state index >= 15 is 0 Å². The molecule has 0 aliphatic carbocycles. The molecule has 0 aromatic heterocycles. The lowest BCUT2D eigenvalue weighted by Gasteiger charge is -2.39. The fourth-order valence-corrected chi connectivity index (χ4v) is 12.6. The molecule has 1 unspecified atom stereocenters. The molecular weight excluding hydrogens is 264 g/mol. The van der Waals surface area contributed by atoms with Crippen molar-refractivity contribution >= 4 is 25.6 Å². The molecule has 0 aliphatic rings. The molecule has 0 heterocycles. The first-order valence-electron chi connectivity index (χ1n) is 6.71. The molecule has 2 rings (SSSR count). The molecule has 1 N–H and O–H groups in total. The van der Waals surface area contributed by atoms with E-state index in [1.807, 2.05) is 12.1 Å². The average molecular weight is 287 g/mol. The SMILES string of the molecule is C[Si](C)(C)[Si](C)(c1ccccc1)c1cccc(O)c1. The van der Waals surface area contributed by atoms with E-state index in [0.717, 1.165) is 0 Å². The minimum Gasteiger partial charge on any atom is -0.508 e. The summed E-state index contributed by atoms with van der Waals surface area (Å²) >= 11 is 0. The Bertz CT molecular complexity index is 560. The number of aromatic hydroxyl groups is 1. The van der Waals surface area contributed by atoms with Crippen LogP contribution >= 0.6 is 0 Å². The molecule has 2 aromatic carbocycles. The number of hydrogen-bond acceptors (Lipinski definition) is 1. The van der Waals surface area contributed by atoms with Crippen molar-refractivity contribution in [3.8, 4) is 5.75 Å². The molecule has 0 saturated carbocycles. The Morgan fingerprint density at radius 3 is 1.84 bits per heavy atom. The molecule has 0 spiro atoms. The monoisotopic (exact) mass is 286 g/mol. The molecule has 100 valence electrons. The van der Waals surface area contributed by atoms with Crippen LogP contribution in [-0.4, -0.2) is 20.3 Å². The van der Waals surface area contributed by atoms with Crippen molar-refractivity contribution in [2.45, 2.75) is 26.2 Å². The van der Waals surface area contributed by atoms with Crippen molar-refractivity contribution in [1.29, 1.82) is 0 Å². The van der Waals surface area contributed by atoms with Crippen LogP contribution in [0, 0.1) is 0 Å². The Labute approximate surface area is 117 Å². The third-order valence-corrected chi connectivity index (χ3v) is 21.0. The highest BCUT2D eigenvalue weighted by Gasteiger charge is 2.44. The van der Waals surface area contributed by atoms with Gasteiger partial charge >= 0.3 is 0 Å². The summed E-state index contributed by atoms with van der Waals surface area (Å²) in [6.07, 6.45) is 0. The molecule has 2 aromatic rings. The summed E-state index contributed by atoms with van der Waals surface area (Å²) < 4.78 is 0. The molecule has 0 radical (unpaired) electrons. The second-order valence-corrected chi connectivity index (χ2v) is 21.7. The van der Waals surface area contributed by atoms with Gasteiger partial charge < -0.3 is 5.11 Å². The summed E-state index contributed by atoms with van der Waals surface area (Å²) in [5.41, 5.74) is 0. The van der Waals surface area contributed by atoms with Crippen LogP contribution in [0.1, 0.15) is 0 Å². The number of benzene rings is 2. The number of hydrogen-bond donors (Lipinski definition) is 1. The van der Waals surface area contributed by atoms with Gasteiger partial charge in [0.15, 0.2) is 0 Å². The maximum Gasteiger partial charge on any atom is 0.115 e. The number of phenolic OH excluding ortho intramolecular Hbond substituents is 1. The Balaban J connectivity index is 2.66. The van der Waals surface area contributed by atoms with Gasteiger partial charge in [-0.05, 0) is 12.1 Å². The largest absolute Gasteiger partial charge is 0.508 e. The fraction of sp³-hybridized carbons (Fsp3) is 0.250. The third kappa shape index (κ3) is 2.53. The highest BCUT2D eigenvalue weighted by atomic mass is 29.3. The van der Waals surface area contributed by atoms with Crippen LogP contribution in [0.2, 0.25) is 26.2 Å². The van der Waals surface area contributed by atoms with Crippen molar-refractivity contribution in [1.82, 2.24) is 0 Å². The van der Waals surface area contributed by atoms with Gasteiger partial charge in [-0.2, -0.15) is 0 Å². The predicted molar refractivity (Wildman–Crippen MR) is 88.8 cm³/mol. The van der Waals surface area contributed by atoms with Crippen LogP contribution in [-0.2, 0) is 0 Å². The van der Waals surface area contributed by atoms with E-state index in [1.54, 1.807) is 6.07 Å². The van der Waals surface area contributed by atoms with Gasteiger partial charge in [-0.25, -0.2) is 0 Å². The molecule has 0 saturated heterocycles. The first-order valence-corrected chi connectivity index (χ1v) is 13.7. The van der Waals surface area contributed by atoms with Crippen molar-refractivity contribution in [2.75, 3.05) is 0 Å². The topological polar surface area (TPSA) is 20.2 Å². The summed E-state index contributed by atoms with van der Waals surface area (Å²) in [7, 11) is -3.14. The summed E-state index contributed by atoms with van der Waals surface area (Å²) in [5, 5.41) is 12.6. The van der Waals surface area contributed by atoms with Crippen LogP contribution in [0.15, 0.2) is 54.6 Å². The van der Waals surface area contributed by atoms with Crippen molar-refractivity contribution in [3.05, 3.63) is 54.6 Å². The van der Waals surface area contributed by atoms with Gasteiger partial charge in [0.25, 0.3) is 0 Å². The zero-order valence-corrected chi connectivity index (χ0v) is 14.1. The molecule has 3 heteroatoms. The Hall–Kier alpha value is -1.33. The van der Waals surface area contributed by atoms with Gasteiger partial charge in [0.1, 0.15) is 13.3 Å². The zero-order valence-electron chi connectivity index (χ0n) is 12.1. The van der Waals surface area contributed by atoms with E-state index in [2.05, 4.69) is 62.6 Å². The minimum absolute atomic E-state index is 0.380. The normalized spacial score (nSPS) is 14.9. The van der Waals surface area contributed by atoms with Crippen LogP contribution in [0.25, 0.3) is 0 Å². The van der Waals surface area contributed by atoms with E-state index in [4.69, 9.17) is 0 Å². The Morgan fingerprint density at radius 2 is 1.32 bits per heavy atom. The van der Waals surface area contributed by atoms with E-state index in [1.165, 1.54) is 10.4 Å².